The lowest BCUT2D eigenvalue weighted by Crippen LogP contribution is -2.27. The first-order valence-electron chi connectivity index (χ1n) is 5.77. The summed E-state index contributed by atoms with van der Waals surface area (Å²) >= 11 is 0. The van der Waals surface area contributed by atoms with Gasteiger partial charge in [-0.2, -0.15) is 0 Å². The zero-order valence-electron chi connectivity index (χ0n) is 9.84. The van der Waals surface area contributed by atoms with Gasteiger partial charge in [-0.15, -0.1) is 0 Å². The second-order valence-electron chi connectivity index (χ2n) is 4.47. The third kappa shape index (κ3) is 2.39. The molecule has 1 saturated heterocycles. The Bertz CT molecular complexity index is 420. The van der Waals surface area contributed by atoms with Gasteiger partial charge in [0.25, 0.3) is 5.91 Å². The maximum Gasteiger partial charge on any atom is 0.252 e. The van der Waals surface area contributed by atoms with E-state index >= 15 is 0 Å². The lowest BCUT2D eigenvalue weighted by molar-refractivity contribution is 0.100. The van der Waals surface area contributed by atoms with Crippen LogP contribution in [0.5, 0.6) is 0 Å². The van der Waals surface area contributed by atoms with Crippen molar-refractivity contribution in [1.82, 2.24) is 4.98 Å². The molecule has 2 rings (SSSR count). The molecule has 1 aliphatic rings. The Morgan fingerprint density at radius 3 is 3.06 bits per heavy atom. The van der Waals surface area contributed by atoms with Gasteiger partial charge in [0.2, 0.25) is 0 Å². The molecule has 5 heteroatoms. The van der Waals surface area contributed by atoms with Crippen LogP contribution < -0.4 is 10.6 Å². The molecular formula is C12H17N3O2. The fourth-order valence-electron chi connectivity index (χ4n) is 2.21. The van der Waals surface area contributed by atoms with E-state index in [0.717, 1.165) is 19.5 Å². The van der Waals surface area contributed by atoms with Gasteiger partial charge in [0.15, 0.2) is 0 Å². The van der Waals surface area contributed by atoms with E-state index in [1.165, 1.54) is 0 Å². The Balaban J connectivity index is 2.21. The van der Waals surface area contributed by atoms with E-state index in [9.17, 15) is 9.90 Å². The maximum absolute atomic E-state index is 11.3. The van der Waals surface area contributed by atoms with Crippen LogP contribution in [0.3, 0.4) is 0 Å². The molecule has 1 fully saturated rings. The summed E-state index contributed by atoms with van der Waals surface area (Å²) in [6, 6.07) is 3.38. The van der Waals surface area contributed by atoms with Gasteiger partial charge >= 0.3 is 0 Å². The zero-order valence-corrected chi connectivity index (χ0v) is 9.84. The molecule has 0 bridgehead atoms. The van der Waals surface area contributed by atoms with E-state index in [0.29, 0.717) is 11.4 Å². The molecule has 0 aromatic carbocycles. The van der Waals surface area contributed by atoms with Crippen molar-refractivity contribution in [2.45, 2.75) is 19.4 Å². The van der Waals surface area contributed by atoms with Crippen molar-refractivity contribution >= 4 is 11.7 Å². The van der Waals surface area contributed by atoms with Crippen LogP contribution in [0.2, 0.25) is 0 Å². The number of aliphatic hydroxyl groups excluding tert-OH is 1. The molecule has 3 N–H and O–H groups in total. The molecule has 0 aliphatic carbocycles. The van der Waals surface area contributed by atoms with Gasteiger partial charge < -0.3 is 15.7 Å². The highest BCUT2D eigenvalue weighted by Gasteiger charge is 2.28. The minimum atomic E-state index is -0.464. The molecule has 17 heavy (non-hydrogen) atoms. The lowest BCUT2D eigenvalue weighted by atomic mass is 10.0. The minimum absolute atomic E-state index is 0.234. The molecule has 0 saturated carbocycles. The molecule has 1 amide bonds. The number of aromatic nitrogens is 1. The number of carbonyl (C=O) groups is 1. The first-order chi connectivity index (χ1) is 8.09. The summed E-state index contributed by atoms with van der Waals surface area (Å²) in [7, 11) is 0. The van der Waals surface area contributed by atoms with Gasteiger partial charge in [0.05, 0.1) is 11.7 Å². The van der Waals surface area contributed by atoms with Crippen LogP contribution in [0, 0.1) is 5.92 Å². The number of hydrogen-bond acceptors (Lipinski definition) is 4. The molecule has 92 valence electrons. The highest BCUT2D eigenvalue weighted by atomic mass is 16.3. The largest absolute Gasteiger partial charge is 0.393 e. The summed E-state index contributed by atoms with van der Waals surface area (Å²) in [6.07, 6.45) is 2.23. The van der Waals surface area contributed by atoms with Crippen molar-refractivity contribution in [2.75, 3.05) is 18.0 Å². The Morgan fingerprint density at radius 1 is 1.71 bits per heavy atom. The summed E-state index contributed by atoms with van der Waals surface area (Å²) in [6.45, 7) is 3.31. The van der Waals surface area contributed by atoms with Gasteiger partial charge in [-0.25, -0.2) is 4.98 Å². The summed E-state index contributed by atoms with van der Waals surface area (Å²) < 4.78 is 0. The second-order valence-corrected chi connectivity index (χ2v) is 4.47. The lowest BCUT2D eigenvalue weighted by Gasteiger charge is -2.20. The second kappa shape index (κ2) is 4.71. The van der Waals surface area contributed by atoms with Crippen LogP contribution >= 0.6 is 0 Å². The zero-order chi connectivity index (χ0) is 12.4. The smallest absolute Gasteiger partial charge is 0.252 e. The van der Waals surface area contributed by atoms with Gasteiger partial charge in [-0.3, -0.25) is 4.79 Å². The molecular weight excluding hydrogens is 218 g/mol. The van der Waals surface area contributed by atoms with E-state index in [1.807, 2.05) is 4.90 Å². The number of rotatable bonds is 3. The topological polar surface area (TPSA) is 79.4 Å². The van der Waals surface area contributed by atoms with Crippen LogP contribution in [0.15, 0.2) is 18.3 Å². The summed E-state index contributed by atoms with van der Waals surface area (Å²) in [4.78, 5) is 17.5. The molecule has 2 atom stereocenters. The molecule has 1 aromatic rings. The van der Waals surface area contributed by atoms with E-state index in [4.69, 9.17) is 5.73 Å². The van der Waals surface area contributed by atoms with Crippen molar-refractivity contribution < 1.29 is 9.90 Å². The fourth-order valence-corrected chi connectivity index (χ4v) is 2.21. The predicted octanol–water partition coefficient (Wildman–Crippen LogP) is 0.388. The summed E-state index contributed by atoms with van der Waals surface area (Å²) in [5.41, 5.74) is 5.76. The third-order valence-electron chi connectivity index (χ3n) is 3.26. The van der Waals surface area contributed by atoms with E-state index in [1.54, 1.807) is 25.3 Å². The molecule has 5 nitrogen and oxygen atoms in total. The van der Waals surface area contributed by atoms with E-state index in [-0.39, 0.29) is 12.0 Å². The Hall–Kier alpha value is -1.62. The maximum atomic E-state index is 11.3. The van der Waals surface area contributed by atoms with E-state index in [2.05, 4.69) is 4.98 Å². The number of nitrogens with two attached hydrogens (primary N) is 1. The highest BCUT2D eigenvalue weighted by Crippen LogP contribution is 2.26. The Labute approximate surface area is 100 Å². The third-order valence-corrected chi connectivity index (χ3v) is 3.26. The van der Waals surface area contributed by atoms with Crippen LogP contribution in [0.1, 0.15) is 23.7 Å². The highest BCUT2D eigenvalue weighted by molar-refractivity contribution is 5.97. The number of anilines is 1. The number of hydrogen-bond donors (Lipinski definition) is 2. The fraction of sp³-hybridized carbons (Fsp3) is 0.500. The van der Waals surface area contributed by atoms with Crippen LogP contribution in [0.4, 0.5) is 5.82 Å². The number of amides is 1. The van der Waals surface area contributed by atoms with Crippen molar-refractivity contribution in [3.8, 4) is 0 Å². The van der Waals surface area contributed by atoms with Crippen molar-refractivity contribution in [3.63, 3.8) is 0 Å². The molecule has 1 aliphatic heterocycles. The molecule has 2 heterocycles. The van der Waals surface area contributed by atoms with Crippen LogP contribution in [0.25, 0.3) is 0 Å². The quantitative estimate of drug-likeness (QED) is 0.794. The number of pyridine rings is 1. The molecule has 2 unspecified atom stereocenters. The van der Waals surface area contributed by atoms with Crippen molar-refractivity contribution in [2.24, 2.45) is 11.7 Å². The first-order valence-corrected chi connectivity index (χ1v) is 5.77. The number of nitrogens with zero attached hydrogens (tertiary/aromatic N) is 2. The average Bonchev–Trinajstić information content (AvgIpc) is 2.78. The normalized spacial score (nSPS) is 21.5. The molecule has 0 radical (unpaired) electrons. The Kier molecular flexibility index (Phi) is 3.28. The summed E-state index contributed by atoms with van der Waals surface area (Å²) in [5, 5.41) is 9.56. The number of aliphatic hydroxyl groups is 1. The van der Waals surface area contributed by atoms with Gasteiger partial charge in [-0.1, -0.05) is 0 Å². The van der Waals surface area contributed by atoms with Gasteiger partial charge in [0.1, 0.15) is 5.82 Å². The van der Waals surface area contributed by atoms with E-state index < -0.39 is 5.91 Å². The predicted molar refractivity (Wildman–Crippen MR) is 64.8 cm³/mol. The molecule has 0 spiro atoms. The van der Waals surface area contributed by atoms with Crippen LogP contribution in [-0.2, 0) is 0 Å². The number of primary amides is 1. The summed E-state index contributed by atoms with van der Waals surface area (Å²) in [5.74, 6) is 0.398. The minimum Gasteiger partial charge on any atom is -0.393 e. The van der Waals surface area contributed by atoms with Crippen molar-refractivity contribution in [1.29, 1.82) is 0 Å². The van der Waals surface area contributed by atoms with Crippen molar-refractivity contribution in [3.05, 3.63) is 23.9 Å². The number of carbonyl (C=O) groups excluding carboxylic acids is 1. The van der Waals surface area contributed by atoms with Gasteiger partial charge in [-0.05, 0) is 25.5 Å². The first kappa shape index (κ1) is 11.9. The monoisotopic (exact) mass is 235 g/mol. The molecule has 1 aromatic heterocycles. The SMILES string of the molecule is CC(O)C1CCN(c2ncccc2C(N)=O)C1. The van der Waals surface area contributed by atoms with Gasteiger partial charge in [0, 0.05) is 25.2 Å². The standard InChI is InChI=1S/C12H17N3O2/c1-8(16)9-4-6-15(7-9)12-10(11(13)17)3-2-5-14-12/h2-3,5,8-9,16H,4,6-7H2,1H3,(H2,13,17). The average molecular weight is 235 g/mol. The Morgan fingerprint density at radius 2 is 2.47 bits per heavy atom. The van der Waals surface area contributed by atoms with Crippen LogP contribution in [-0.4, -0.2) is 35.2 Å².